The molecule has 1 aromatic rings. The number of nitrogens with two attached hydrogens (primary N) is 1. The highest BCUT2D eigenvalue weighted by Gasteiger charge is 2.13. The Labute approximate surface area is 99.0 Å². The van der Waals surface area contributed by atoms with Crippen LogP contribution in [0.4, 0.5) is 0 Å². The van der Waals surface area contributed by atoms with Gasteiger partial charge in [0.25, 0.3) is 0 Å². The summed E-state index contributed by atoms with van der Waals surface area (Å²) in [5.41, 5.74) is 6.62. The number of carbonyl (C=O) groups is 1. The molecule has 1 atom stereocenters. The zero-order chi connectivity index (χ0) is 12.1. The van der Waals surface area contributed by atoms with Gasteiger partial charge in [0.15, 0.2) is 0 Å². The minimum Gasteiger partial charge on any atom is -0.496 e. The van der Waals surface area contributed by atoms with Gasteiger partial charge in [-0.2, -0.15) is 0 Å². The summed E-state index contributed by atoms with van der Waals surface area (Å²) in [5.74, 6) is -0.237. The first-order valence-corrected chi connectivity index (χ1v) is 5.23. The van der Waals surface area contributed by atoms with E-state index in [1.165, 1.54) is 7.11 Å². The normalized spacial score (nSPS) is 12.2. The van der Waals surface area contributed by atoms with Gasteiger partial charge < -0.3 is 15.6 Å². The second-order valence-electron chi connectivity index (χ2n) is 3.43. The van der Waals surface area contributed by atoms with Crippen molar-refractivity contribution in [3.63, 3.8) is 0 Å². The molecule has 0 radical (unpaired) electrons. The quantitative estimate of drug-likeness (QED) is 0.832. The molecular weight excluding hydrogens is 230 g/mol. The summed E-state index contributed by atoms with van der Waals surface area (Å²) in [4.78, 5) is 10.4. The first-order valence-electron chi connectivity index (χ1n) is 4.85. The maximum atomic E-state index is 10.4. The van der Waals surface area contributed by atoms with Crippen molar-refractivity contribution in [3.05, 3.63) is 28.8 Å². The summed E-state index contributed by atoms with van der Waals surface area (Å²) >= 11 is 5.85. The highest BCUT2D eigenvalue weighted by molar-refractivity contribution is 6.30. The lowest BCUT2D eigenvalue weighted by Crippen LogP contribution is -2.13. The van der Waals surface area contributed by atoms with E-state index in [0.717, 1.165) is 5.56 Å². The third-order valence-electron chi connectivity index (χ3n) is 2.26. The van der Waals surface area contributed by atoms with Gasteiger partial charge in [-0.1, -0.05) is 11.6 Å². The van der Waals surface area contributed by atoms with Gasteiger partial charge in [-0.3, -0.25) is 4.79 Å². The van der Waals surface area contributed by atoms with E-state index in [4.69, 9.17) is 27.2 Å². The molecule has 0 aliphatic carbocycles. The minimum atomic E-state index is -0.864. The van der Waals surface area contributed by atoms with E-state index in [1.807, 2.05) is 0 Å². The molecule has 0 saturated carbocycles. The maximum Gasteiger partial charge on any atom is 0.303 e. The van der Waals surface area contributed by atoms with Gasteiger partial charge in [-0.05, 0) is 24.6 Å². The molecule has 0 aliphatic heterocycles. The molecule has 0 bridgehead atoms. The first kappa shape index (κ1) is 12.8. The van der Waals surface area contributed by atoms with Crippen molar-refractivity contribution in [2.75, 3.05) is 7.11 Å². The summed E-state index contributed by atoms with van der Waals surface area (Å²) in [6.45, 7) is 0. The van der Waals surface area contributed by atoms with Gasteiger partial charge in [0.05, 0.1) is 7.11 Å². The number of halogens is 1. The molecule has 0 fully saturated rings. The topological polar surface area (TPSA) is 72.5 Å². The number of ether oxygens (including phenoxy) is 1. The molecule has 0 amide bonds. The van der Waals surface area contributed by atoms with Crippen molar-refractivity contribution < 1.29 is 14.6 Å². The molecule has 4 nitrogen and oxygen atoms in total. The Bertz CT molecular complexity index is 381. The van der Waals surface area contributed by atoms with E-state index < -0.39 is 5.97 Å². The van der Waals surface area contributed by atoms with Crippen LogP contribution >= 0.6 is 11.6 Å². The number of rotatable bonds is 5. The van der Waals surface area contributed by atoms with E-state index in [1.54, 1.807) is 18.2 Å². The summed E-state index contributed by atoms with van der Waals surface area (Å²) in [7, 11) is 1.54. The van der Waals surface area contributed by atoms with Crippen molar-refractivity contribution in [2.24, 2.45) is 5.73 Å². The lowest BCUT2D eigenvalue weighted by atomic mass is 10.0. The molecule has 0 aliphatic rings. The minimum absolute atomic E-state index is 0.0246. The fourth-order valence-corrected chi connectivity index (χ4v) is 1.61. The van der Waals surface area contributed by atoms with Crippen LogP contribution in [0.3, 0.4) is 0 Å². The number of hydrogen-bond donors (Lipinski definition) is 2. The zero-order valence-electron chi connectivity index (χ0n) is 8.94. The molecule has 3 N–H and O–H groups in total. The molecule has 1 aromatic carbocycles. The van der Waals surface area contributed by atoms with Crippen LogP contribution in [0.15, 0.2) is 18.2 Å². The van der Waals surface area contributed by atoms with Crippen LogP contribution in [0.5, 0.6) is 5.75 Å². The van der Waals surface area contributed by atoms with Gasteiger partial charge in [0.1, 0.15) is 5.75 Å². The van der Waals surface area contributed by atoms with Crippen molar-refractivity contribution >= 4 is 17.6 Å². The number of carboxylic acid groups (broad SMARTS) is 1. The lowest BCUT2D eigenvalue weighted by molar-refractivity contribution is -0.137. The van der Waals surface area contributed by atoms with Crippen LogP contribution in [0.2, 0.25) is 5.02 Å². The van der Waals surface area contributed by atoms with Crippen LogP contribution in [0.1, 0.15) is 24.4 Å². The Balaban J connectivity index is 2.84. The average Bonchev–Trinajstić information content (AvgIpc) is 2.25. The van der Waals surface area contributed by atoms with E-state index in [0.29, 0.717) is 17.2 Å². The SMILES string of the molecule is COc1ccc(Cl)cc1C(N)CCC(=O)O. The fraction of sp³-hybridized carbons (Fsp3) is 0.364. The summed E-state index contributed by atoms with van der Waals surface area (Å²) in [5, 5.41) is 9.13. The second kappa shape index (κ2) is 5.72. The summed E-state index contributed by atoms with van der Waals surface area (Å²) in [6.07, 6.45) is 0.378. The standard InChI is InChI=1S/C11H14ClNO3/c1-16-10-4-2-7(12)6-8(10)9(13)3-5-11(14)15/h2,4,6,9H,3,5,13H2,1H3,(H,14,15). The zero-order valence-corrected chi connectivity index (χ0v) is 9.70. The molecule has 16 heavy (non-hydrogen) atoms. The molecule has 0 saturated heterocycles. The Kier molecular flexibility index (Phi) is 4.58. The van der Waals surface area contributed by atoms with E-state index in [-0.39, 0.29) is 12.5 Å². The van der Waals surface area contributed by atoms with Crippen LogP contribution in [0, 0.1) is 0 Å². The number of benzene rings is 1. The molecular formula is C11H14ClNO3. The van der Waals surface area contributed by atoms with Gasteiger partial charge >= 0.3 is 5.97 Å². The smallest absolute Gasteiger partial charge is 0.303 e. The molecule has 0 aromatic heterocycles. The second-order valence-corrected chi connectivity index (χ2v) is 3.86. The molecule has 0 spiro atoms. The number of methoxy groups -OCH3 is 1. The van der Waals surface area contributed by atoms with Crippen molar-refractivity contribution in [2.45, 2.75) is 18.9 Å². The van der Waals surface area contributed by atoms with Crippen molar-refractivity contribution in [1.29, 1.82) is 0 Å². The lowest BCUT2D eigenvalue weighted by Gasteiger charge is -2.15. The highest BCUT2D eigenvalue weighted by Crippen LogP contribution is 2.29. The third-order valence-corrected chi connectivity index (χ3v) is 2.50. The molecule has 1 unspecified atom stereocenters. The van der Waals surface area contributed by atoms with Crippen molar-refractivity contribution in [1.82, 2.24) is 0 Å². The molecule has 5 heteroatoms. The average molecular weight is 244 g/mol. The van der Waals surface area contributed by atoms with E-state index in [9.17, 15) is 4.79 Å². The third kappa shape index (κ3) is 3.40. The number of aliphatic carboxylic acids is 1. The monoisotopic (exact) mass is 243 g/mol. The molecule has 1 rings (SSSR count). The van der Waals surface area contributed by atoms with Gasteiger partial charge in [0.2, 0.25) is 0 Å². The number of hydrogen-bond acceptors (Lipinski definition) is 3. The first-order chi connectivity index (χ1) is 7.54. The Morgan fingerprint density at radius 1 is 1.62 bits per heavy atom. The fourth-order valence-electron chi connectivity index (χ4n) is 1.43. The van der Waals surface area contributed by atoms with Crippen LogP contribution in [0.25, 0.3) is 0 Å². The summed E-state index contributed by atoms with van der Waals surface area (Å²) in [6, 6.07) is 4.74. The van der Waals surface area contributed by atoms with Crippen LogP contribution < -0.4 is 10.5 Å². The van der Waals surface area contributed by atoms with E-state index >= 15 is 0 Å². The van der Waals surface area contributed by atoms with Gasteiger partial charge in [-0.25, -0.2) is 0 Å². The van der Waals surface area contributed by atoms with Crippen LogP contribution in [-0.2, 0) is 4.79 Å². The highest BCUT2D eigenvalue weighted by atomic mass is 35.5. The summed E-state index contributed by atoms with van der Waals surface area (Å²) < 4.78 is 5.14. The maximum absolute atomic E-state index is 10.4. The largest absolute Gasteiger partial charge is 0.496 e. The van der Waals surface area contributed by atoms with Gasteiger partial charge in [-0.15, -0.1) is 0 Å². The Hall–Kier alpha value is -1.26. The Morgan fingerprint density at radius 2 is 2.31 bits per heavy atom. The predicted molar refractivity (Wildman–Crippen MR) is 61.8 cm³/mol. The van der Waals surface area contributed by atoms with Crippen molar-refractivity contribution in [3.8, 4) is 5.75 Å². The molecule has 0 heterocycles. The van der Waals surface area contributed by atoms with Crippen LogP contribution in [-0.4, -0.2) is 18.2 Å². The van der Waals surface area contributed by atoms with E-state index in [2.05, 4.69) is 0 Å². The van der Waals surface area contributed by atoms with Gasteiger partial charge in [0, 0.05) is 23.0 Å². The molecule has 88 valence electrons. The predicted octanol–water partition coefficient (Wildman–Crippen LogP) is 2.21. The Morgan fingerprint density at radius 3 is 2.88 bits per heavy atom. The number of carboxylic acids is 1.